The van der Waals surface area contributed by atoms with Crippen molar-refractivity contribution in [3.63, 3.8) is 0 Å². The SMILES string of the molecule is O=C(Nc1ccsc1)C(=O)N1CCC(C(O)C(F)(F)F)CC1. The summed E-state index contributed by atoms with van der Waals surface area (Å²) in [5.41, 5.74) is 0.505. The van der Waals surface area contributed by atoms with Crippen molar-refractivity contribution in [2.75, 3.05) is 18.4 Å². The van der Waals surface area contributed by atoms with Crippen LogP contribution in [0.3, 0.4) is 0 Å². The fourth-order valence-corrected chi connectivity index (χ4v) is 2.94. The van der Waals surface area contributed by atoms with Crippen LogP contribution in [-0.2, 0) is 9.59 Å². The van der Waals surface area contributed by atoms with E-state index in [1.54, 1.807) is 16.8 Å². The molecule has 9 heteroatoms. The summed E-state index contributed by atoms with van der Waals surface area (Å²) < 4.78 is 37.3. The Balaban J connectivity index is 1.86. The molecule has 0 aromatic carbocycles. The van der Waals surface area contributed by atoms with Crippen molar-refractivity contribution in [2.45, 2.75) is 25.1 Å². The molecule has 5 nitrogen and oxygen atoms in total. The number of amides is 2. The second kappa shape index (κ2) is 6.66. The van der Waals surface area contributed by atoms with Gasteiger partial charge in [0.2, 0.25) is 0 Å². The lowest BCUT2D eigenvalue weighted by atomic mass is 9.91. The molecule has 1 unspecified atom stereocenters. The van der Waals surface area contributed by atoms with Crippen LogP contribution in [0.1, 0.15) is 12.8 Å². The zero-order valence-corrected chi connectivity index (χ0v) is 12.3. The highest BCUT2D eigenvalue weighted by molar-refractivity contribution is 7.08. The van der Waals surface area contributed by atoms with Gasteiger partial charge in [0, 0.05) is 18.5 Å². The predicted molar refractivity (Wildman–Crippen MR) is 74.3 cm³/mol. The molecule has 1 aliphatic rings. The number of carbonyl (C=O) groups excluding carboxylic acids is 2. The molecule has 1 aliphatic heterocycles. The van der Waals surface area contributed by atoms with E-state index in [-0.39, 0.29) is 25.9 Å². The van der Waals surface area contributed by atoms with E-state index >= 15 is 0 Å². The van der Waals surface area contributed by atoms with Gasteiger partial charge in [-0.2, -0.15) is 24.5 Å². The van der Waals surface area contributed by atoms with Gasteiger partial charge in [-0.05, 0) is 30.2 Å². The molecule has 2 amide bonds. The summed E-state index contributed by atoms with van der Waals surface area (Å²) in [7, 11) is 0. The van der Waals surface area contributed by atoms with Gasteiger partial charge in [-0.1, -0.05) is 0 Å². The summed E-state index contributed by atoms with van der Waals surface area (Å²) in [6.07, 6.45) is -7.02. The molecule has 0 saturated carbocycles. The molecule has 2 rings (SSSR count). The molecule has 122 valence electrons. The third-order valence-corrected chi connectivity index (χ3v) is 4.27. The molecular weight excluding hydrogens is 321 g/mol. The molecule has 0 spiro atoms. The van der Waals surface area contributed by atoms with Crippen LogP contribution in [0.15, 0.2) is 16.8 Å². The summed E-state index contributed by atoms with van der Waals surface area (Å²) >= 11 is 1.36. The van der Waals surface area contributed by atoms with E-state index in [0.29, 0.717) is 5.69 Å². The standard InChI is InChI=1S/C13H15F3N2O3S/c14-13(15,16)10(19)8-1-4-18(5-2-8)12(21)11(20)17-9-3-6-22-7-9/h3,6-8,10,19H,1-2,4-5H2,(H,17,20). The molecule has 0 radical (unpaired) electrons. The molecule has 2 N–H and O–H groups in total. The average molecular weight is 336 g/mol. The van der Waals surface area contributed by atoms with Crippen molar-refractivity contribution < 1.29 is 27.9 Å². The highest BCUT2D eigenvalue weighted by Gasteiger charge is 2.44. The van der Waals surface area contributed by atoms with Crippen LogP contribution >= 0.6 is 11.3 Å². The smallest absolute Gasteiger partial charge is 0.383 e. The van der Waals surface area contributed by atoms with Gasteiger partial charge in [0.1, 0.15) is 0 Å². The topological polar surface area (TPSA) is 69.6 Å². The van der Waals surface area contributed by atoms with Crippen molar-refractivity contribution in [2.24, 2.45) is 5.92 Å². The monoisotopic (exact) mass is 336 g/mol. The van der Waals surface area contributed by atoms with Crippen LogP contribution in [0.5, 0.6) is 0 Å². The predicted octanol–water partition coefficient (Wildman–Crippen LogP) is 1.85. The van der Waals surface area contributed by atoms with Crippen LogP contribution in [0.4, 0.5) is 18.9 Å². The summed E-state index contributed by atoms with van der Waals surface area (Å²) in [5, 5.41) is 15.0. The molecule has 1 fully saturated rings. The maximum atomic E-state index is 12.4. The third kappa shape index (κ3) is 3.98. The number of likely N-dealkylation sites (tertiary alicyclic amines) is 1. The number of thiophene rings is 1. The number of halogens is 3. The lowest BCUT2D eigenvalue weighted by Gasteiger charge is -2.34. The highest BCUT2D eigenvalue weighted by atomic mass is 32.1. The lowest BCUT2D eigenvalue weighted by Crippen LogP contribution is -2.47. The number of piperidine rings is 1. The summed E-state index contributed by atoms with van der Waals surface area (Å²) in [4.78, 5) is 24.9. The van der Waals surface area contributed by atoms with Gasteiger partial charge >= 0.3 is 18.0 Å². The van der Waals surface area contributed by atoms with Gasteiger partial charge in [-0.25, -0.2) is 0 Å². The van der Waals surface area contributed by atoms with E-state index in [0.717, 1.165) is 0 Å². The van der Waals surface area contributed by atoms with Crippen molar-refractivity contribution in [3.05, 3.63) is 16.8 Å². The average Bonchev–Trinajstić information content (AvgIpc) is 2.97. The Morgan fingerprint density at radius 1 is 1.36 bits per heavy atom. The highest BCUT2D eigenvalue weighted by Crippen LogP contribution is 2.31. The normalized spacial score (nSPS) is 18.1. The minimum Gasteiger partial charge on any atom is -0.383 e. The van der Waals surface area contributed by atoms with E-state index in [2.05, 4.69) is 5.32 Å². The van der Waals surface area contributed by atoms with Gasteiger partial charge in [0.05, 0.1) is 5.69 Å². The summed E-state index contributed by atoms with van der Waals surface area (Å²) in [5.74, 6) is -2.52. The van der Waals surface area contributed by atoms with Gasteiger partial charge < -0.3 is 15.3 Å². The zero-order chi connectivity index (χ0) is 16.3. The first-order valence-corrected chi connectivity index (χ1v) is 7.60. The first-order valence-electron chi connectivity index (χ1n) is 6.66. The van der Waals surface area contributed by atoms with Gasteiger partial charge in [0.15, 0.2) is 6.10 Å². The van der Waals surface area contributed by atoms with Crippen molar-refractivity contribution in [3.8, 4) is 0 Å². The molecule has 0 aliphatic carbocycles. The van der Waals surface area contributed by atoms with Crippen LogP contribution in [0, 0.1) is 5.92 Å². The second-order valence-corrected chi connectivity index (χ2v) is 5.86. The molecular formula is C13H15F3N2O3S. The van der Waals surface area contributed by atoms with Crippen LogP contribution < -0.4 is 5.32 Å². The number of aliphatic hydroxyl groups excluding tert-OH is 1. The fraction of sp³-hybridized carbons (Fsp3) is 0.538. The molecule has 1 aromatic heterocycles. The number of rotatable bonds is 2. The Kier molecular flexibility index (Phi) is 5.07. The van der Waals surface area contributed by atoms with Crippen LogP contribution in [0.25, 0.3) is 0 Å². The molecule has 2 heterocycles. The maximum absolute atomic E-state index is 12.4. The molecule has 0 bridgehead atoms. The van der Waals surface area contributed by atoms with Gasteiger partial charge in [-0.3, -0.25) is 9.59 Å². The Bertz CT molecular complexity index is 525. The number of alkyl halides is 3. The third-order valence-electron chi connectivity index (χ3n) is 3.58. The first kappa shape index (κ1) is 16.8. The minimum atomic E-state index is -4.66. The van der Waals surface area contributed by atoms with E-state index in [4.69, 9.17) is 0 Å². The molecule has 1 saturated heterocycles. The second-order valence-electron chi connectivity index (χ2n) is 5.08. The van der Waals surface area contributed by atoms with Crippen LogP contribution in [0.2, 0.25) is 0 Å². The Morgan fingerprint density at radius 2 is 2.00 bits per heavy atom. The maximum Gasteiger partial charge on any atom is 0.414 e. The molecule has 22 heavy (non-hydrogen) atoms. The quantitative estimate of drug-likeness (QED) is 0.810. The number of hydrogen-bond donors (Lipinski definition) is 2. The van der Waals surface area contributed by atoms with Crippen LogP contribution in [-0.4, -0.2) is 47.2 Å². The van der Waals surface area contributed by atoms with Crippen molar-refractivity contribution >= 4 is 28.8 Å². The van der Waals surface area contributed by atoms with E-state index in [9.17, 15) is 27.9 Å². The number of aliphatic hydroxyl groups is 1. The first-order chi connectivity index (χ1) is 10.3. The number of hydrogen-bond acceptors (Lipinski definition) is 4. The zero-order valence-electron chi connectivity index (χ0n) is 11.5. The largest absolute Gasteiger partial charge is 0.414 e. The molecule has 1 aromatic rings. The Hall–Kier alpha value is -1.61. The number of anilines is 1. The number of nitrogens with zero attached hydrogens (tertiary/aromatic N) is 1. The van der Waals surface area contributed by atoms with E-state index < -0.39 is 30.0 Å². The Labute approximate surface area is 128 Å². The summed E-state index contributed by atoms with van der Waals surface area (Å²) in [6, 6.07) is 1.64. The van der Waals surface area contributed by atoms with Gasteiger partial charge in [0.25, 0.3) is 0 Å². The van der Waals surface area contributed by atoms with Crippen molar-refractivity contribution in [1.29, 1.82) is 0 Å². The lowest BCUT2D eigenvalue weighted by molar-refractivity contribution is -0.222. The van der Waals surface area contributed by atoms with E-state index in [1.807, 2.05) is 0 Å². The fourth-order valence-electron chi connectivity index (χ4n) is 2.35. The molecule has 1 atom stereocenters. The van der Waals surface area contributed by atoms with E-state index in [1.165, 1.54) is 16.2 Å². The number of carbonyl (C=O) groups is 2. The summed E-state index contributed by atoms with van der Waals surface area (Å²) in [6.45, 7) is 0.0430. The van der Waals surface area contributed by atoms with Gasteiger partial charge in [-0.15, -0.1) is 0 Å². The number of nitrogens with one attached hydrogen (secondary N) is 1. The Morgan fingerprint density at radius 3 is 2.50 bits per heavy atom. The van der Waals surface area contributed by atoms with Crippen molar-refractivity contribution in [1.82, 2.24) is 4.90 Å². The minimum absolute atomic E-state index is 0.0121.